The third-order valence-corrected chi connectivity index (χ3v) is 7.29. The molecule has 4 heterocycles. The number of anilines is 1. The van der Waals surface area contributed by atoms with Crippen LogP contribution < -0.4 is 10.2 Å². The van der Waals surface area contributed by atoms with Gasteiger partial charge in [-0.1, -0.05) is 30.4 Å². The highest BCUT2D eigenvalue weighted by atomic mass is 32.1. The molecule has 1 aromatic carbocycles. The molecule has 1 unspecified atom stereocenters. The topological polar surface area (TPSA) is 68.8 Å². The lowest BCUT2D eigenvalue weighted by Crippen LogP contribution is -2.52. The van der Waals surface area contributed by atoms with Crippen LogP contribution >= 0.6 is 12.2 Å². The largest absolute Gasteiger partial charge is 0.419 e. The van der Waals surface area contributed by atoms with E-state index in [1.165, 1.54) is 12.3 Å². The molecule has 0 aliphatic carbocycles. The van der Waals surface area contributed by atoms with Gasteiger partial charge in [-0.2, -0.15) is 13.2 Å². The first-order valence-electron chi connectivity index (χ1n) is 11.5. The molecule has 35 heavy (non-hydrogen) atoms. The van der Waals surface area contributed by atoms with Crippen LogP contribution in [0.15, 0.2) is 36.5 Å². The van der Waals surface area contributed by atoms with Crippen LogP contribution in [0.4, 0.5) is 19.0 Å². The van der Waals surface area contributed by atoms with Crippen LogP contribution in [-0.4, -0.2) is 63.8 Å². The average molecular weight is 504 g/mol. The third kappa shape index (κ3) is 4.62. The molecule has 5 rings (SSSR count). The molecule has 0 bridgehead atoms. The summed E-state index contributed by atoms with van der Waals surface area (Å²) in [6, 6.07) is 7.83. The fourth-order valence-corrected chi connectivity index (χ4v) is 5.41. The number of carbonyl (C=O) groups is 2. The zero-order chi connectivity index (χ0) is 24.7. The van der Waals surface area contributed by atoms with Crippen molar-refractivity contribution in [2.45, 2.75) is 38.1 Å². The summed E-state index contributed by atoms with van der Waals surface area (Å²) in [5.41, 5.74) is 2.36. The minimum atomic E-state index is -4.45. The second-order valence-electron chi connectivity index (χ2n) is 8.98. The zero-order valence-electron chi connectivity index (χ0n) is 18.8. The predicted octanol–water partition coefficient (Wildman–Crippen LogP) is 2.72. The van der Waals surface area contributed by atoms with Crippen molar-refractivity contribution in [2.24, 2.45) is 0 Å². The van der Waals surface area contributed by atoms with Crippen LogP contribution in [0.3, 0.4) is 0 Å². The highest BCUT2D eigenvalue weighted by Gasteiger charge is 2.38. The number of piperazine rings is 1. The van der Waals surface area contributed by atoms with Gasteiger partial charge in [0.1, 0.15) is 16.8 Å². The molecule has 0 radical (unpaired) electrons. The Morgan fingerprint density at radius 2 is 1.86 bits per heavy atom. The first kappa shape index (κ1) is 23.7. The number of fused-ring (bicyclic) bond motifs is 1. The number of carbonyl (C=O) groups excluding carboxylic acids is 2. The van der Waals surface area contributed by atoms with Crippen LogP contribution in [0, 0.1) is 0 Å². The molecule has 2 aromatic rings. The van der Waals surface area contributed by atoms with Crippen LogP contribution in [-0.2, 0) is 28.9 Å². The van der Waals surface area contributed by atoms with Crippen LogP contribution in [0.25, 0.3) is 0 Å². The minimum absolute atomic E-state index is 0.0227. The van der Waals surface area contributed by atoms with E-state index in [1.807, 2.05) is 23.1 Å². The summed E-state index contributed by atoms with van der Waals surface area (Å²) in [6.45, 7) is 3.21. The second kappa shape index (κ2) is 9.19. The monoisotopic (exact) mass is 503 g/mol. The van der Waals surface area contributed by atoms with Crippen molar-refractivity contribution in [3.63, 3.8) is 0 Å². The van der Waals surface area contributed by atoms with Gasteiger partial charge in [0.2, 0.25) is 11.8 Å². The van der Waals surface area contributed by atoms with Crippen LogP contribution in [0.5, 0.6) is 0 Å². The Labute approximate surface area is 205 Å². The van der Waals surface area contributed by atoms with Gasteiger partial charge in [0.25, 0.3) is 0 Å². The fourth-order valence-electron chi connectivity index (χ4n) is 5.03. The first-order chi connectivity index (χ1) is 16.7. The third-order valence-electron chi connectivity index (χ3n) is 6.84. The van der Waals surface area contributed by atoms with Crippen molar-refractivity contribution >= 4 is 34.8 Å². The lowest BCUT2D eigenvalue weighted by molar-refractivity contribution is -0.138. The minimum Gasteiger partial charge on any atom is -0.354 e. The van der Waals surface area contributed by atoms with E-state index in [1.54, 1.807) is 4.90 Å². The summed E-state index contributed by atoms with van der Waals surface area (Å²) in [7, 11) is 0. The summed E-state index contributed by atoms with van der Waals surface area (Å²) in [6.07, 6.45) is -2.33. The summed E-state index contributed by atoms with van der Waals surface area (Å²) < 4.78 is 40.2. The number of alkyl halides is 3. The van der Waals surface area contributed by atoms with Gasteiger partial charge in [-0.05, 0) is 29.7 Å². The molecule has 2 fully saturated rings. The Bertz CT molecular complexity index is 1180. The van der Waals surface area contributed by atoms with Gasteiger partial charge in [0.05, 0.1) is 5.56 Å². The predicted molar refractivity (Wildman–Crippen MR) is 127 cm³/mol. The summed E-state index contributed by atoms with van der Waals surface area (Å²) >= 11 is 5.68. The Balaban J connectivity index is 1.27. The first-order valence-corrected chi connectivity index (χ1v) is 11.9. The van der Waals surface area contributed by atoms with Crippen molar-refractivity contribution in [1.82, 2.24) is 20.1 Å². The Morgan fingerprint density at radius 1 is 1.09 bits per heavy atom. The Kier molecular flexibility index (Phi) is 6.22. The van der Waals surface area contributed by atoms with E-state index in [2.05, 4.69) is 15.2 Å². The van der Waals surface area contributed by atoms with Crippen LogP contribution in [0.2, 0.25) is 0 Å². The average Bonchev–Trinajstić information content (AvgIpc) is 3.16. The number of aromatic nitrogens is 1. The van der Waals surface area contributed by atoms with Gasteiger partial charge >= 0.3 is 6.18 Å². The SMILES string of the molecule is O=C1CCC(N2Cc3c(CN4CCN(c5ncccc5C(F)(F)F)CC4)cccc3C2=S)C(=O)N1. The van der Waals surface area contributed by atoms with E-state index in [0.717, 1.165) is 22.8 Å². The van der Waals surface area contributed by atoms with E-state index in [0.29, 0.717) is 50.7 Å². The highest BCUT2D eigenvalue weighted by Crippen LogP contribution is 2.36. The van der Waals surface area contributed by atoms with E-state index in [-0.39, 0.29) is 24.1 Å². The number of amides is 2. The van der Waals surface area contributed by atoms with Crippen molar-refractivity contribution in [2.75, 3.05) is 31.1 Å². The molecule has 0 saturated carbocycles. The number of rotatable bonds is 4. The van der Waals surface area contributed by atoms with Gasteiger partial charge in [0.15, 0.2) is 0 Å². The maximum atomic E-state index is 13.4. The number of halogens is 3. The van der Waals surface area contributed by atoms with Crippen molar-refractivity contribution < 1.29 is 22.8 Å². The number of benzene rings is 1. The molecule has 1 N–H and O–H groups in total. The molecule has 2 saturated heterocycles. The molecule has 1 aromatic heterocycles. The Morgan fingerprint density at radius 3 is 2.57 bits per heavy atom. The zero-order valence-corrected chi connectivity index (χ0v) is 19.7. The molecule has 184 valence electrons. The number of nitrogens with zero attached hydrogens (tertiary/aromatic N) is 4. The number of piperidine rings is 1. The van der Waals surface area contributed by atoms with E-state index < -0.39 is 17.8 Å². The molecular formula is C24H24F3N5O2S. The number of hydrogen-bond acceptors (Lipinski definition) is 6. The normalized spacial score (nSPS) is 21.3. The molecular weight excluding hydrogens is 479 g/mol. The highest BCUT2D eigenvalue weighted by molar-refractivity contribution is 7.80. The number of thiocarbonyl (C=S) groups is 1. The fraction of sp³-hybridized carbons (Fsp3) is 0.417. The van der Waals surface area contributed by atoms with E-state index >= 15 is 0 Å². The molecule has 2 amide bonds. The molecule has 7 nitrogen and oxygen atoms in total. The molecule has 3 aliphatic rings. The standard InChI is InChI=1S/C24H24F3N5O2S/c25-24(26,27)18-5-2-8-28-21(18)31-11-9-30(10-12-31)13-15-3-1-4-16-17(15)14-32(23(16)35)19-6-7-20(33)29-22(19)34/h1-5,8,19H,6-7,9-14H2,(H,29,33,34). The second-order valence-corrected chi connectivity index (χ2v) is 9.37. The van der Waals surface area contributed by atoms with Crippen molar-refractivity contribution in [3.05, 3.63) is 58.8 Å². The molecule has 11 heteroatoms. The number of imide groups is 1. The maximum absolute atomic E-state index is 13.4. The van der Waals surface area contributed by atoms with E-state index in [4.69, 9.17) is 12.2 Å². The summed E-state index contributed by atoms with van der Waals surface area (Å²) in [5, 5.41) is 2.40. The molecule has 3 aliphatic heterocycles. The van der Waals surface area contributed by atoms with Gasteiger partial charge in [-0.25, -0.2) is 4.98 Å². The maximum Gasteiger partial charge on any atom is 0.419 e. The lowest BCUT2D eigenvalue weighted by atomic mass is 10.0. The smallest absolute Gasteiger partial charge is 0.354 e. The van der Waals surface area contributed by atoms with Gasteiger partial charge < -0.3 is 9.80 Å². The number of nitrogens with one attached hydrogen (secondary N) is 1. The number of pyridine rings is 1. The summed E-state index contributed by atoms with van der Waals surface area (Å²) in [5.74, 6) is -0.603. The van der Waals surface area contributed by atoms with Crippen LogP contribution in [0.1, 0.15) is 35.1 Å². The van der Waals surface area contributed by atoms with E-state index in [9.17, 15) is 22.8 Å². The van der Waals surface area contributed by atoms with Crippen molar-refractivity contribution in [1.29, 1.82) is 0 Å². The van der Waals surface area contributed by atoms with Gasteiger partial charge in [-0.3, -0.25) is 19.8 Å². The summed E-state index contributed by atoms with van der Waals surface area (Å²) in [4.78, 5) is 34.3. The molecule has 1 atom stereocenters. The van der Waals surface area contributed by atoms with Gasteiger partial charge in [0, 0.05) is 57.4 Å². The van der Waals surface area contributed by atoms with Crippen molar-refractivity contribution in [3.8, 4) is 0 Å². The quantitative estimate of drug-likeness (QED) is 0.508. The lowest BCUT2D eigenvalue weighted by Gasteiger charge is -2.36. The Hall–Kier alpha value is -3.05. The number of hydrogen-bond donors (Lipinski definition) is 1. The van der Waals surface area contributed by atoms with Gasteiger partial charge in [-0.15, -0.1) is 0 Å². The molecule has 0 spiro atoms.